The van der Waals surface area contributed by atoms with Gasteiger partial charge in [0.1, 0.15) is 11.3 Å². The Kier molecular flexibility index (Phi) is 7.47. The van der Waals surface area contributed by atoms with Crippen molar-refractivity contribution in [3.63, 3.8) is 0 Å². The highest BCUT2D eigenvalue weighted by Crippen LogP contribution is 2.14. The van der Waals surface area contributed by atoms with E-state index in [1.807, 2.05) is 81.0 Å². The fraction of sp³-hybridized carbons (Fsp3) is 0.333. The molecule has 0 fully saturated rings. The van der Waals surface area contributed by atoms with Gasteiger partial charge in [-0.25, -0.2) is 14.7 Å². The van der Waals surface area contributed by atoms with Crippen molar-refractivity contribution >= 4 is 17.6 Å². The molecule has 5 nitrogen and oxygen atoms in total. The van der Waals surface area contributed by atoms with Crippen molar-refractivity contribution in [2.45, 2.75) is 32.9 Å². The highest BCUT2D eigenvalue weighted by atomic mass is 127. The van der Waals surface area contributed by atoms with Crippen molar-refractivity contribution in [2.75, 3.05) is 5.32 Å². The molecule has 1 heterocycles. The molecule has 0 spiro atoms. The molecular weight excluding hydrogens is 417 g/mol. The van der Waals surface area contributed by atoms with Crippen molar-refractivity contribution in [1.82, 2.24) is 5.32 Å². The van der Waals surface area contributed by atoms with Gasteiger partial charge in [-0.2, -0.15) is 0 Å². The predicted molar refractivity (Wildman–Crippen MR) is 90.4 cm³/mol. The van der Waals surface area contributed by atoms with E-state index in [1.54, 1.807) is 0 Å². The molecule has 2 N–H and O–H groups in total. The molecule has 130 valence electrons. The van der Waals surface area contributed by atoms with Gasteiger partial charge in [0, 0.05) is 12.6 Å². The van der Waals surface area contributed by atoms with E-state index in [0.717, 1.165) is 17.1 Å². The fourth-order valence-corrected chi connectivity index (χ4v) is 2.00. The van der Waals surface area contributed by atoms with Gasteiger partial charge in [-0.1, -0.05) is 18.2 Å². The first-order valence-electron chi connectivity index (χ1n) is 7.61. The Bertz CT molecular complexity index is 667. The van der Waals surface area contributed by atoms with E-state index < -0.39 is 11.7 Å². The minimum atomic E-state index is -0.483. The minimum Gasteiger partial charge on any atom is -1.00 e. The van der Waals surface area contributed by atoms with Crippen LogP contribution >= 0.6 is 0 Å². The van der Waals surface area contributed by atoms with Gasteiger partial charge in [0.2, 0.25) is 0 Å². The number of ether oxygens (including phenoxy) is 1. The van der Waals surface area contributed by atoms with Crippen LogP contribution in [0.25, 0.3) is 0 Å². The van der Waals surface area contributed by atoms with Gasteiger partial charge >= 0.3 is 6.09 Å². The maximum Gasteiger partial charge on any atom is 0.407 e. The second-order valence-electron chi connectivity index (χ2n) is 6.37. The van der Waals surface area contributed by atoms with Crippen LogP contribution < -0.4 is 39.2 Å². The number of carbonyl (C=O) groups excluding carboxylic acids is 1. The first-order valence-corrected chi connectivity index (χ1v) is 7.61. The lowest BCUT2D eigenvalue weighted by atomic mass is 10.2. The topological polar surface area (TPSA) is 54.2 Å². The number of carbonyl (C=O) groups is 1. The Balaban J connectivity index is 0.00000288. The summed E-state index contributed by atoms with van der Waals surface area (Å²) in [5.74, 6) is 1.01. The summed E-state index contributed by atoms with van der Waals surface area (Å²) in [4.78, 5) is 11.6. The molecule has 2 rings (SSSR count). The van der Waals surface area contributed by atoms with Crippen molar-refractivity contribution in [3.05, 3.63) is 54.2 Å². The first kappa shape index (κ1) is 20.2. The average Bonchev–Trinajstić information content (AvgIpc) is 2.47. The Labute approximate surface area is 160 Å². The fourth-order valence-electron chi connectivity index (χ4n) is 2.00. The molecule has 6 heteroatoms. The SMILES string of the molecule is C[n+]1ccccc1Nc1ccc(CNC(=O)OC(C)(C)C)cc1.[I-]. The molecule has 0 saturated heterocycles. The van der Waals surface area contributed by atoms with Crippen molar-refractivity contribution in [1.29, 1.82) is 0 Å². The number of nitrogens with one attached hydrogen (secondary N) is 2. The molecule has 24 heavy (non-hydrogen) atoms. The Hall–Kier alpha value is -1.83. The van der Waals surface area contributed by atoms with Crippen LogP contribution in [-0.4, -0.2) is 11.7 Å². The zero-order valence-electron chi connectivity index (χ0n) is 14.5. The van der Waals surface area contributed by atoms with Gasteiger partial charge in [0.25, 0.3) is 5.82 Å². The van der Waals surface area contributed by atoms with Gasteiger partial charge < -0.3 is 34.0 Å². The number of hydrogen-bond acceptors (Lipinski definition) is 3. The molecule has 2 aromatic rings. The number of nitrogens with zero attached hydrogens (tertiary/aromatic N) is 1. The monoisotopic (exact) mass is 441 g/mol. The lowest BCUT2D eigenvalue weighted by Gasteiger charge is -2.19. The van der Waals surface area contributed by atoms with E-state index >= 15 is 0 Å². The van der Waals surface area contributed by atoms with Crippen LogP contribution in [-0.2, 0) is 18.3 Å². The molecule has 0 bridgehead atoms. The summed E-state index contributed by atoms with van der Waals surface area (Å²) in [6.07, 6.45) is 1.58. The molecular formula is C18H24IN3O2. The summed E-state index contributed by atoms with van der Waals surface area (Å²) in [7, 11) is 1.99. The van der Waals surface area contributed by atoms with Crippen LogP contribution in [0.3, 0.4) is 0 Å². The summed E-state index contributed by atoms with van der Waals surface area (Å²) in [6, 6.07) is 13.9. The number of benzene rings is 1. The first-order chi connectivity index (χ1) is 10.8. The third-order valence-corrected chi connectivity index (χ3v) is 3.12. The van der Waals surface area contributed by atoms with Crippen LogP contribution in [0, 0.1) is 0 Å². The highest BCUT2D eigenvalue weighted by Gasteiger charge is 2.15. The summed E-state index contributed by atoms with van der Waals surface area (Å²) in [5, 5.41) is 6.09. The summed E-state index contributed by atoms with van der Waals surface area (Å²) in [5.41, 5.74) is 1.52. The minimum absolute atomic E-state index is 0. The highest BCUT2D eigenvalue weighted by molar-refractivity contribution is 5.67. The number of alkyl carbamates (subject to hydrolysis) is 1. The number of amides is 1. The van der Waals surface area contributed by atoms with Crippen molar-refractivity contribution < 1.29 is 38.1 Å². The van der Waals surface area contributed by atoms with E-state index in [-0.39, 0.29) is 24.0 Å². The molecule has 0 radical (unpaired) electrons. The van der Waals surface area contributed by atoms with Crippen molar-refractivity contribution in [2.24, 2.45) is 7.05 Å². The number of hydrogen-bond donors (Lipinski definition) is 2. The average molecular weight is 441 g/mol. The smallest absolute Gasteiger partial charge is 0.407 e. The molecule has 0 aliphatic heterocycles. The molecule has 1 aromatic carbocycles. The van der Waals surface area contributed by atoms with Crippen LogP contribution in [0.2, 0.25) is 0 Å². The summed E-state index contributed by atoms with van der Waals surface area (Å²) >= 11 is 0. The van der Waals surface area contributed by atoms with Crippen molar-refractivity contribution in [3.8, 4) is 0 Å². The third-order valence-electron chi connectivity index (χ3n) is 3.12. The Morgan fingerprint density at radius 3 is 2.38 bits per heavy atom. The van der Waals surface area contributed by atoms with Gasteiger partial charge in [-0.3, -0.25) is 0 Å². The molecule has 0 atom stereocenters. The normalized spacial score (nSPS) is 10.5. The lowest BCUT2D eigenvalue weighted by Crippen LogP contribution is -3.00. The zero-order valence-corrected chi connectivity index (χ0v) is 16.6. The number of aromatic nitrogens is 1. The number of rotatable bonds is 4. The molecule has 0 saturated carbocycles. The van der Waals surface area contributed by atoms with E-state index in [9.17, 15) is 4.79 Å². The summed E-state index contributed by atoms with van der Waals surface area (Å²) in [6.45, 7) is 5.97. The Morgan fingerprint density at radius 2 is 1.79 bits per heavy atom. The molecule has 0 aliphatic rings. The van der Waals surface area contributed by atoms with E-state index in [0.29, 0.717) is 6.54 Å². The Morgan fingerprint density at radius 1 is 1.12 bits per heavy atom. The van der Waals surface area contributed by atoms with E-state index in [4.69, 9.17) is 4.74 Å². The molecule has 1 aromatic heterocycles. The third kappa shape index (κ3) is 6.74. The van der Waals surface area contributed by atoms with E-state index in [2.05, 4.69) is 10.6 Å². The molecule has 0 unspecified atom stereocenters. The van der Waals surface area contributed by atoms with Gasteiger partial charge in [-0.15, -0.1) is 0 Å². The number of pyridine rings is 1. The number of halogens is 1. The van der Waals surface area contributed by atoms with E-state index in [1.165, 1.54) is 0 Å². The van der Waals surface area contributed by atoms with Crippen LogP contribution in [0.15, 0.2) is 48.7 Å². The van der Waals surface area contributed by atoms with Crippen LogP contribution in [0.1, 0.15) is 26.3 Å². The predicted octanol–water partition coefficient (Wildman–Crippen LogP) is 0.283. The van der Waals surface area contributed by atoms with Gasteiger partial charge in [0.15, 0.2) is 0 Å². The van der Waals surface area contributed by atoms with Gasteiger partial charge in [0.05, 0.1) is 13.2 Å². The van der Waals surface area contributed by atoms with Gasteiger partial charge in [-0.05, 0) is 44.5 Å². The number of anilines is 2. The maximum atomic E-state index is 11.6. The maximum absolute atomic E-state index is 11.6. The largest absolute Gasteiger partial charge is 1.00 e. The summed E-state index contributed by atoms with van der Waals surface area (Å²) < 4.78 is 7.22. The molecule has 0 aliphatic carbocycles. The second kappa shape index (κ2) is 8.86. The zero-order chi connectivity index (χ0) is 16.9. The quantitative estimate of drug-likeness (QED) is 0.530. The standard InChI is InChI=1S/C18H23N3O2.HI/c1-18(2,3)23-17(22)19-13-14-8-10-15(11-9-14)20-16-7-5-6-12-21(16)4;/h5-12H,13H2,1-4H3,(H,19,22);1H. The molecule has 1 amide bonds. The lowest BCUT2D eigenvalue weighted by molar-refractivity contribution is -0.657. The number of aryl methyl sites for hydroxylation is 1. The second-order valence-corrected chi connectivity index (χ2v) is 6.37. The van der Waals surface area contributed by atoms with Crippen LogP contribution in [0.5, 0.6) is 0 Å². The van der Waals surface area contributed by atoms with Crippen LogP contribution in [0.4, 0.5) is 16.3 Å².